The van der Waals surface area contributed by atoms with E-state index in [-0.39, 0.29) is 0 Å². The van der Waals surface area contributed by atoms with Crippen molar-refractivity contribution in [2.75, 3.05) is 54.4 Å². The van der Waals surface area contributed by atoms with Gasteiger partial charge in [-0.05, 0) is 54.6 Å². The van der Waals surface area contributed by atoms with Crippen molar-refractivity contribution in [3.8, 4) is 0 Å². The van der Waals surface area contributed by atoms with Crippen LogP contribution in [0.2, 0.25) is 0 Å². The topological polar surface area (TPSA) is 9.72 Å². The van der Waals surface area contributed by atoms with Gasteiger partial charge < -0.3 is 14.7 Å². The molecule has 0 aliphatic heterocycles. The molecule has 3 nitrogen and oxygen atoms in total. The molecule has 15 heavy (non-hydrogen) atoms. The average Bonchev–Trinajstić information content (AvgIpc) is 2.21. The summed E-state index contributed by atoms with van der Waals surface area (Å²) in [7, 11) is 8.67. The molecule has 0 radical (unpaired) electrons. The van der Waals surface area contributed by atoms with Crippen LogP contribution in [0.5, 0.6) is 0 Å². The lowest BCUT2D eigenvalue weighted by Crippen LogP contribution is -2.37. The Morgan fingerprint density at radius 1 is 0.933 bits per heavy atom. The molecule has 0 bridgehead atoms. The molecular formula is C12H29N3. The standard InChI is InChI=1S/C12H29N3/c1-7-14(5)9-8-12(2)15(6)11-10-13(3)4/h12H,7-11H2,1-6H3. The Kier molecular flexibility index (Phi) is 8.02. The second-order valence-corrected chi connectivity index (χ2v) is 4.82. The summed E-state index contributed by atoms with van der Waals surface area (Å²) in [5.41, 5.74) is 0. The van der Waals surface area contributed by atoms with E-state index in [1.807, 2.05) is 0 Å². The van der Waals surface area contributed by atoms with Crippen LogP contribution in [0, 0.1) is 0 Å². The fourth-order valence-corrected chi connectivity index (χ4v) is 1.36. The summed E-state index contributed by atoms with van der Waals surface area (Å²) < 4.78 is 0. The lowest BCUT2D eigenvalue weighted by atomic mass is 10.2. The van der Waals surface area contributed by atoms with E-state index in [9.17, 15) is 0 Å². The molecule has 1 unspecified atom stereocenters. The van der Waals surface area contributed by atoms with Gasteiger partial charge in [0.1, 0.15) is 0 Å². The molecule has 0 aliphatic carbocycles. The Morgan fingerprint density at radius 2 is 1.53 bits per heavy atom. The van der Waals surface area contributed by atoms with Gasteiger partial charge in [0.05, 0.1) is 0 Å². The van der Waals surface area contributed by atoms with Crippen molar-refractivity contribution in [3.63, 3.8) is 0 Å². The summed E-state index contributed by atoms with van der Waals surface area (Å²) in [5.74, 6) is 0. The smallest absolute Gasteiger partial charge is 0.0109 e. The van der Waals surface area contributed by atoms with Gasteiger partial charge >= 0.3 is 0 Å². The number of likely N-dealkylation sites (N-methyl/N-ethyl adjacent to an activating group) is 2. The van der Waals surface area contributed by atoms with Crippen molar-refractivity contribution in [1.82, 2.24) is 14.7 Å². The van der Waals surface area contributed by atoms with Crippen LogP contribution in [0.25, 0.3) is 0 Å². The fourth-order valence-electron chi connectivity index (χ4n) is 1.36. The summed E-state index contributed by atoms with van der Waals surface area (Å²) in [6.45, 7) is 9.17. The van der Waals surface area contributed by atoms with Gasteiger partial charge in [-0.2, -0.15) is 0 Å². The zero-order chi connectivity index (χ0) is 11.8. The fraction of sp³-hybridized carbons (Fsp3) is 1.00. The number of hydrogen-bond donors (Lipinski definition) is 0. The molecule has 0 aromatic carbocycles. The Hall–Kier alpha value is -0.120. The third kappa shape index (κ3) is 7.77. The average molecular weight is 215 g/mol. The Balaban J connectivity index is 3.64. The van der Waals surface area contributed by atoms with Crippen molar-refractivity contribution < 1.29 is 0 Å². The highest BCUT2D eigenvalue weighted by molar-refractivity contribution is 4.66. The molecule has 0 N–H and O–H groups in total. The van der Waals surface area contributed by atoms with Crippen LogP contribution in [0.15, 0.2) is 0 Å². The molecule has 0 aromatic rings. The minimum Gasteiger partial charge on any atom is -0.308 e. The zero-order valence-electron chi connectivity index (χ0n) is 11.5. The lowest BCUT2D eigenvalue weighted by molar-refractivity contribution is 0.202. The Bertz CT molecular complexity index is 148. The van der Waals surface area contributed by atoms with E-state index < -0.39 is 0 Å². The third-order valence-corrected chi connectivity index (χ3v) is 3.12. The van der Waals surface area contributed by atoms with Gasteiger partial charge in [-0.25, -0.2) is 0 Å². The minimum absolute atomic E-state index is 0.680. The van der Waals surface area contributed by atoms with Crippen molar-refractivity contribution in [2.24, 2.45) is 0 Å². The highest BCUT2D eigenvalue weighted by Gasteiger charge is 2.09. The van der Waals surface area contributed by atoms with Crippen molar-refractivity contribution in [1.29, 1.82) is 0 Å². The van der Waals surface area contributed by atoms with E-state index in [2.05, 4.69) is 56.7 Å². The normalized spacial score (nSPS) is 14.2. The molecule has 92 valence electrons. The molecule has 0 saturated heterocycles. The van der Waals surface area contributed by atoms with Gasteiger partial charge in [0.15, 0.2) is 0 Å². The second kappa shape index (κ2) is 8.08. The molecule has 1 atom stereocenters. The first-order chi connectivity index (χ1) is 6.97. The predicted octanol–water partition coefficient (Wildman–Crippen LogP) is 1.21. The maximum Gasteiger partial charge on any atom is 0.0109 e. The SMILES string of the molecule is CCN(C)CCC(C)N(C)CCN(C)C. The maximum atomic E-state index is 2.45. The minimum atomic E-state index is 0.680. The third-order valence-electron chi connectivity index (χ3n) is 3.12. The molecule has 0 amide bonds. The van der Waals surface area contributed by atoms with Crippen LogP contribution in [-0.2, 0) is 0 Å². The van der Waals surface area contributed by atoms with Crippen molar-refractivity contribution >= 4 is 0 Å². The van der Waals surface area contributed by atoms with Gasteiger partial charge in [-0.1, -0.05) is 6.92 Å². The van der Waals surface area contributed by atoms with E-state index in [0.29, 0.717) is 6.04 Å². The lowest BCUT2D eigenvalue weighted by Gasteiger charge is -2.27. The number of nitrogens with zero attached hydrogens (tertiary/aromatic N) is 3. The van der Waals surface area contributed by atoms with Crippen LogP contribution in [0.4, 0.5) is 0 Å². The second-order valence-electron chi connectivity index (χ2n) is 4.82. The van der Waals surface area contributed by atoms with Crippen LogP contribution >= 0.6 is 0 Å². The molecule has 0 fully saturated rings. The highest BCUT2D eigenvalue weighted by Crippen LogP contribution is 2.01. The first kappa shape index (κ1) is 14.9. The molecule has 0 aromatic heterocycles. The maximum absolute atomic E-state index is 2.45. The monoisotopic (exact) mass is 215 g/mol. The van der Waals surface area contributed by atoms with E-state index in [1.165, 1.54) is 13.0 Å². The largest absolute Gasteiger partial charge is 0.308 e. The van der Waals surface area contributed by atoms with Gasteiger partial charge in [-0.3, -0.25) is 0 Å². The van der Waals surface area contributed by atoms with Crippen LogP contribution < -0.4 is 0 Å². The van der Waals surface area contributed by atoms with Gasteiger partial charge in [0.25, 0.3) is 0 Å². The summed E-state index contributed by atoms with van der Waals surface area (Å²) in [4.78, 5) is 7.06. The van der Waals surface area contributed by atoms with E-state index in [1.54, 1.807) is 0 Å². The highest BCUT2D eigenvalue weighted by atomic mass is 15.2. The first-order valence-electron chi connectivity index (χ1n) is 6.00. The van der Waals surface area contributed by atoms with Crippen LogP contribution in [0.1, 0.15) is 20.3 Å². The molecule has 0 spiro atoms. The van der Waals surface area contributed by atoms with Crippen LogP contribution in [0.3, 0.4) is 0 Å². The molecule has 0 rings (SSSR count). The van der Waals surface area contributed by atoms with Gasteiger partial charge in [0.2, 0.25) is 0 Å². The Labute approximate surface area is 96.0 Å². The van der Waals surface area contributed by atoms with E-state index >= 15 is 0 Å². The summed E-state index contributed by atoms with van der Waals surface area (Å²) >= 11 is 0. The molecule has 0 aliphatic rings. The number of rotatable bonds is 8. The van der Waals surface area contributed by atoms with Gasteiger partial charge in [0, 0.05) is 19.1 Å². The van der Waals surface area contributed by atoms with E-state index in [4.69, 9.17) is 0 Å². The summed E-state index contributed by atoms with van der Waals surface area (Å²) in [5, 5.41) is 0. The first-order valence-corrected chi connectivity index (χ1v) is 6.00. The number of hydrogen-bond acceptors (Lipinski definition) is 3. The predicted molar refractivity (Wildman–Crippen MR) is 68.4 cm³/mol. The molecule has 3 heteroatoms. The quantitative estimate of drug-likeness (QED) is 0.602. The van der Waals surface area contributed by atoms with Crippen molar-refractivity contribution in [2.45, 2.75) is 26.3 Å². The zero-order valence-corrected chi connectivity index (χ0v) is 11.5. The summed E-state index contributed by atoms with van der Waals surface area (Å²) in [6.07, 6.45) is 1.26. The van der Waals surface area contributed by atoms with E-state index in [0.717, 1.165) is 19.6 Å². The summed E-state index contributed by atoms with van der Waals surface area (Å²) in [6, 6.07) is 0.680. The molecular weight excluding hydrogens is 186 g/mol. The molecule has 0 saturated carbocycles. The Morgan fingerprint density at radius 3 is 2.00 bits per heavy atom. The van der Waals surface area contributed by atoms with Crippen LogP contribution in [-0.4, -0.2) is 75.1 Å². The van der Waals surface area contributed by atoms with Crippen molar-refractivity contribution in [3.05, 3.63) is 0 Å². The van der Waals surface area contributed by atoms with Gasteiger partial charge in [-0.15, -0.1) is 0 Å². The molecule has 0 heterocycles.